The topological polar surface area (TPSA) is 55.1 Å². The van der Waals surface area contributed by atoms with Gasteiger partial charge in [0.2, 0.25) is 5.91 Å². The molecular formula is C12H18N2O. The fraction of sp³-hybridized carbons (Fsp3) is 0.417. The summed E-state index contributed by atoms with van der Waals surface area (Å²) in [5, 5.41) is 3.06. The number of rotatable bonds is 5. The zero-order valence-electron chi connectivity index (χ0n) is 9.29. The first kappa shape index (κ1) is 11.7. The number of nitrogens with one attached hydrogen (secondary N) is 1. The molecule has 0 aliphatic heterocycles. The standard InChI is InChI=1S/C12H18N2O/c1-3-10-4-6-11(7-5-10)8-14-9(2)12(13)15/h4-7,9,14H,3,8H2,1-2H3,(H2,13,15). The van der Waals surface area contributed by atoms with Gasteiger partial charge in [0.05, 0.1) is 6.04 Å². The van der Waals surface area contributed by atoms with Crippen molar-refractivity contribution < 1.29 is 4.79 Å². The van der Waals surface area contributed by atoms with Crippen LogP contribution in [-0.4, -0.2) is 11.9 Å². The minimum absolute atomic E-state index is 0.282. The fourth-order valence-corrected chi connectivity index (χ4v) is 1.26. The highest BCUT2D eigenvalue weighted by molar-refractivity contribution is 5.79. The van der Waals surface area contributed by atoms with Gasteiger partial charge in [-0.3, -0.25) is 4.79 Å². The summed E-state index contributed by atoms with van der Waals surface area (Å²) in [5.41, 5.74) is 7.63. The van der Waals surface area contributed by atoms with Gasteiger partial charge in [-0.15, -0.1) is 0 Å². The van der Waals surface area contributed by atoms with E-state index in [4.69, 9.17) is 5.73 Å². The Hall–Kier alpha value is -1.35. The van der Waals surface area contributed by atoms with Gasteiger partial charge in [-0.25, -0.2) is 0 Å². The van der Waals surface area contributed by atoms with Gasteiger partial charge in [0.25, 0.3) is 0 Å². The molecule has 1 aromatic carbocycles. The molecule has 0 fully saturated rings. The van der Waals surface area contributed by atoms with Gasteiger partial charge in [-0.05, 0) is 24.5 Å². The molecule has 82 valence electrons. The van der Waals surface area contributed by atoms with Gasteiger partial charge in [0, 0.05) is 6.54 Å². The summed E-state index contributed by atoms with van der Waals surface area (Å²) < 4.78 is 0. The highest BCUT2D eigenvalue weighted by atomic mass is 16.1. The van der Waals surface area contributed by atoms with Crippen LogP contribution in [0.2, 0.25) is 0 Å². The summed E-state index contributed by atoms with van der Waals surface area (Å²) >= 11 is 0. The van der Waals surface area contributed by atoms with Crippen molar-refractivity contribution in [1.29, 1.82) is 0 Å². The quantitative estimate of drug-likeness (QED) is 0.761. The Kier molecular flexibility index (Phi) is 4.31. The molecule has 0 spiro atoms. The summed E-state index contributed by atoms with van der Waals surface area (Å²) in [7, 11) is 0. The molecule has 3 N–H and O–H groups in total. The smallest absolute Gasteiger partial charge is 0.234 e. The third-order valence-electron chi connectivity index (χ3n) is 2.47. The molecular weight excluding hydrogens is 188 g/mol. The van der Waals surface area contributed by atoms with Crippen molar-refractivity contribution in [3.05, 3.63) is 35.4 Å². The van der Waals surface area contributed by atoms with E-state index in [1.165, 1.54) is 11.1 Å². The first-order valence-corrected chi connectivity index (χ1v) is 5.24. The summed E-state index contributed by atoms with van der Waals surface area (Å²) in [6.07, 6.45) is 1.05. The molecule has 0 bridgehead atoms. The molecule has 15 heavy (non-hydrogen) atoms. The Balaban J connectivity index is 2.47. The van der Waals surface area contributed by atoms with Gasteiger partial charge < -0.3 is 11.1 Å². The minimum atomic E-state index is -0.319. The predicted molar refractivity (Wildman–Crippen MR) is 61.3 cm³/mol. The normalized spacial score (nSPS) is 12.4. The van der Waals surface area contributed by atoms with Crippen LogP contribution >= 0.6 is 0 Å². The SMILES string of the molecule is CCc1ccc(CNC(C)C(N)=O)cc1. The molecule has 0 aromatic heterocycles. The second-order valence-electron chi connectivity index (χ2n) is 3.68. The van der Waals surface area contributed by atoms with E-state index in [9.17, 15) is 4.79 Å². The van der Waals surface area contributed by atoms with Crippen LogP contribution in [0.3, 0.4) is 0 Å². The van der Waals surface area contributed by atoms with Crippen molar-refractivity contribution in [2.24, 2.45) is 5.73 Å². The first-order chi connectivity index (χ1) is 7.13. The van der Waals surface area contributed by atoms with Crippen LogP contribution in [0.4, 0.5) is 0 Å². The molecule has 0 saturated heterocycles. The van der Waals surface area contributed by atoms with Crippen molar-refractivity contribution in [3.8, 4) is 0 Å². The van der Waals surface area contributed by atoms with E-state index in [0.717, 1.165) is 6.42 Å². The van der Waals surface area contributed by atoms with E-state index in [1.54, 1.807) is 6.92 Å². The average molecular weight is 206 g/mol. The molecule has 3 heteroatoms. The monoisotopic (exact) mass is 206 g/mol. The Morgan fingerprint density at radius 3 is 2.33 bits per heavy atom. The molecule has 0 heterocycles. The van der Waals surface area contributed by atoms with E-state index in [-0.39, 0.29) is 11.9 Å². The fourth-order valence-electron chi connectivity index (χ4n) is 1.26. The summed E-state index contributed by atoms with van der Waals surface area (Å²) in [6.45, 7) is 4.57. The molecule has 1 aromatic rings. The third-order valence-corrected chi connectivity index (χ3v) is 2.47. The highest BCUT2D eigenvalue weighted by Crippen LogP contribution is 2.04. The molecule has 3 nitrogen and oxygen atoms in total. The number of hydrogen-bond acceptors (Lipinski definition) is 2. The van der Waals surface area contributed by atoms with E-state index in [1.807, 2.05) is 0 Å². The Morgan fingerprint density at radius 2 is 1.87 bits per heavy atom. The Bertz CT molecular complexity index is 319. The molecule has 1 atom stereocenters. The van der Waals surface area contributed by atoms with Crippen LogP contribution in [0.15, 0.2) is 24.3 Å². The lowest BCUT2D eigenvalue weighted by Gasteiger charge is -2.10. The predicted octanol–water partition coefficient (Wildman–Crippen LogP) is 1.21. The maximum absolute atomic E-state index is 10.8. The van der Waals surface area contributed by atoms with Crippen LogP contribution in [0, 0.1) is 0 Å². The van der Waals surface area contributed by atoms with Crippen molar-refractivity contribution in [1.82, 2.24) is 5.32 Å². The van der Waals surface area contributed by atoms with Crippen molar-refractivity contribution in [2.45, 2.75) is 32.9 Å². The Labute approximate surface area is 90.7 Å². The molecule has 1 amide bonds. The van der Waals surface area contributed by atoms with Gasteiger partial charge in [0.1, 0.15) is 0 Å². The average Bonchev–Trinajstić information content (AvgIpc) is 2.26. The number of carbonyl (C=O) groups excluding carboxylic acids is 1. The highest BCUT2D eigenvalue weighted by Gasteiger charge is 2.06. The van der Waals surface area contributed by atoms with Gasteiger partial charge in [0.15, 0.2) is 0 Å². The molecule has 0 radical (unpaired) electrons. The van der Waals surface area contributed by atoms with E-state index in [2.05, 4.69) is 36.5 Å². The van der Waals surface area contributed by atoms with Gasteiger partial charge >= 0.3 is 0 Å². The maximum atomic E-state index is 10.8. The lowest BCUT2D eigenvalue weighted by atomic mass is 10.1. The van der Waals surface area contributed by atoms with Crippen LogP contribution in [-0.2, 0) is 17.8 Å². The number of amides is 1. The minimum Gasteiger partial charge on any atom is -0.368 e. The molecule has 1 rings (SSSR count). The summed E-state index contributed by atoms with van der Waals surface area (Å²) in [4.78, 5) is 10.8. The number of primary amides is 1. The van der Waals surface area contributed by atoms with Gasteiger partial charge in [-0.2, -0.15) is 0 Å². The number of hydrogen-bond donors (Lipinski definition) is 2. The van der Waals surface area contributed by atoms with E-state index >= 15 is 0 Å². The second kappa shape index (κ2) is 5.51. The van der Waals surface area contributed by atoms with Crippen molar-refractivity contribution in [3.63, 3.8) is 0 Å². The largest absolute Gasteiger partial charge is 0.368 e. The zero-order chi connectivity index (χ0) is 11.3. The Morgan fingerprint density at radius 1 is 1.33 bits per heavy atom. The van der Waals surface area contributed by atoms with Crippen molar-refractivity contribution in [2.75, 3.05) is 0 Å². The van der Waals surface area contributed by atoms with Crippen molar-refractivity contribution >= 4 is 5.91 Å². The molecule has 1 unspecified atom stereocenters. The zero-order valence-corrected chi connectivity index (χ0v) is 9.29. The number of nitrogens with two attached hydrogens (primary N) is 1. The maximum Gasteiger partial charge on any atom is 0.234 e. The second-order valence-corrected chi connectivity index (χ2v) is 3.68. The van der Waals surface area contributed by atoms with Crippen LogP contribution in [0.25, 0.3) is 0 Å². The lowest BCUT2D eigenvalue weighted by molar-refractivity contribution is -0.119. The molecule has 0 aliphatic rings. The van der Waals surface area contributed by atoms with Crippen LogP contribution < -0.4 is 11.1 Å². The van der Waals surface area contributed by atoms with Crippen LogP contribution in [0.1, 0.15) is 25.0 Å². The van der Waals surface area contributed by atoms with Gasteiger partial charge in [-0.1, -0.05) is 31.2 Å². The van der Waals surface area contributed by atoms with E-state index in [0.29, 0.717) is 6.54 Å². The first-order valence-electron chi connectivity index (χ1n) is 5.24. The van der Waals surface area contributed by atoms with E-state index < -0.39 is 0 Å². The van der Waals surface area contributed by atoms with Crippen LogP contribution in [0.5, 0.6) is 0 Å². The lowest BCUT2D eigenvalue weighted by Crippen LogP contribution is -2.38. The molecule has 0 aliphatic carbocycles. The summed E-state index contributed by atoms with van der Waals surface area (Å²) in [6, 6.07) is 8.06. The number of aryl methyl sites for hydroxylation is 1. The number of carbonyl (C=O) groups is 1. The molecule has 0 saturated carbocycles. The summed E-state index contributed by atoms with van der Waals surface area (Å²) in [5.74, 6) is -0.319. The third kappa shape index (κ3) is 3.72. The number of benzene rings is 1.